The lowest BCUT2D eigenvalue weighted by molar-refractivity contribution is 0.0951. The van der Waals surface area contributed by atoms with E-state index in [1.807, 2.05) is 0 Å². The van der Waals surface area contributed by atoms with Crippen molar-refractivity contribution in [2.75, 3.05) is 0 Å². The number of hydrogen-bond donors (Lipinski definition) is 2. The molecule has 90 valence electrons. The third-order valence-corrected chi connectivity index (χ3v) is 2.37. The van der Waals surface area contributed by atoms with E-state index in [0.29, 0.717) is 16.9 Å². The van der Waals surface area contributed by atoms with Gasteiger partial charge in [0.1, 0.15) is 0 Å². The van der Waals surface area contributed by atoms with Crippen LogP contribution in [-0.4, -0.2) is 41.1 Å². The van der Waals surface area contributed by atoms with Gasteiger partial charge in [-0.25, -0.2) is 4.52 Å². The van der Waals surface area contributed by atoms with E-state index in [4.69, 9.17) is 0 Å². The first-order valence-corrected chi connectivity index (χ1v) is 5.12. The highest BCUT2D eigenvalue weighted by molar-refractivity contribution is 6.00. The van der Waals surface area contributed by atoms with Crippen LogP contribution in [0.2, 0.25) is 0 Å². The third-order valence-electron chi connectivity index (χ3n) is 2.37. The number of nitrogens with zero attached hydrogens (tertiary/aromatic N) is 6. The van der Waals surface area contributed by atoms with Gasteiger partial charge in [-0.2, -0.15) is 10.3 Å². The number of H-pyrrole nitrogens is 1. The van der Waals surface area contributed by atoms with Crippen molar-refractivity contribution in [3.63, 3.8) is 0 Å². The fraction of sp³-hybridized carbons (Fsp3) is 0.111. The fourth-order valence-corrected chi connectivity index (χ4v) is 1.52. The maximum absolute atomic E-state index is 11.9. The number of hydrogen-bond acceptors (Lipinski definition) is 6. The van der Waals surface area contributed by atoms with E-state index < -0.39 is 0 Å². The Morgan fingerprint density at radius 1 is 1.44 bits per heavy atom. The van der Waals surface area contributed by atoms with Gasteiger partial charge in [-0.3, -0.25) is 9.78 Å². The zero-order valence-corrected chi connectivity index (χ0v) is 9.11. The van der Waals surface area contributed by atoms with E-state index in [1.165, 1.54) is 6.20 Å². The summed E-state index contributed by atoms with van der Waals surface area (Å²) in [7, 11) is 0. The Bertz CT molecular complexity index is 673. The smallest absolute Gasteiger partial charge is 0.255 e. The number of amides is 1. The average Bonchev–Trinajstić information content (AvgIpc) is 3.05. The number of carbonyl (C=O) groups excluding carboxylic acids is 1. The average molecular weight is 244 g/mol. The van der Waals surface area contributed by atoms with Gasteiger partial charge in [0.25, 0.3) is 5.91 Å². The summed E-state index contributed by atoms with van der Waals surface area (Å²) >= 11 is 0. The summed E-state index contributed by atoms with van der Waals surface area (Å²) < 4.78 is 1.58. The van der Waals surface area contributed by atoms with Crippen LogP contribution >= 0.6 is 0 Å². The van der Waals surface area contributed by atoms with Crippen molar-refractivity contribution >= 4 is 11.4 Å². The van der Waals surface area contributed by atoms with Crippen molar-refractivity contribution in [2.24, 2.45) is 0 Å². The predicted molar refractivity (Wildman–Crippen MR) is 58.3 cm³/mol. The van der Waals surface area contributed by atoms with Crippen molar-refractivity contribution in [3.05, 3.63) is 36.2 Å². The second-order valence-electron chi connectivity index (χ2n) is 3.48. The van der Waals surface area contributed by atoms with Crippen LogP contribution in [0.1, 0.15) is 16.2 Å². The number of rotatable bonds is 3. The van der Waals surface area contributed by atoms with E-state index in [-0.39, 0.29) is 12.5 Å². The number of nitrogens with one attached hydrogen (secondary N) is 2. The number of aromatic nitrogens is 7. The Morgan fingerprint density at radius 3 is 3.22 bits per heavy atom. The zero-order valence-electron chi connectivity index (χ0n) is 9.11. The normalized spacial score (nSPS) is 10.7. The third kappa shape index (κ3) is 1.77. The lowest BCUT2D eigenvalue weighted by Crippen LogP contribution is -2.23. The molecule has 18 heavy (non-hydrogen) atoms. The van der Waals surface area contributed by atoms with E-state index >= 15 is 0 Å². The quantitative estimate of drug-likeness (QED) is 0.621. The van der Waals surface area contributed by atoms with Gasteiger partial charge in [0, 0.05) is 12.4 Å². The summed E-state index contributed by atoms with van der Waals surface area (Å²) in [5.74, 6) is 0.153. The Kier molecular flexibility index (Phi) is 2.41. The molecule has 0 bridgehead atoms. The van der Waals surface area contributed by atoms with Crippen molar-refractivity contribution in [2.45, 2.75) is 6.54 Å². The summed E-state index contributed by atoms with van der Waals surface area (Å²) in [6.07, 6.45) is 6.34. The minimum Gasteiger partial charge on any atom is -0.344 e. The lowest BCUT2D eigenvalue weighted by Gasteiger charge is -2.00. The number of aromatic amines is 1. The van der Waals surface area contributed by atoms with Crippen molar-refractivity contribution in [1.29, 1.82) is 0 Å². The van der Waals surface area contributed by atoms with Gasteiger partial charge in [0.05, 0.1) is 30.0 Å². The molecule has 9 nitrogen and oxygen atoms in total. The monoisotopic (exact) mass is 244 g/mol. The van der Waals surface area contributed by atoms with E-state index in [1.54, 1.807) is 23.1 Å². The van der Waals surface area contributed by atoms with E-state index in [0.717, 1.165) is 0 Å². The van der Waals surface area contributed by atoms with Crippen LogP contribution in [0.5, 0.6) is 0 Å². The number of carbonyl (C=O) groups is 1. The van der Waals surface area contributed by atoms with Gasteiger partial charge in [0.2, 0.25) is 0 Å². The van der Waals surface area contributed by atoms with E-state index in [2.05, 4.69) is 36.0 Å². The summed E-state index contributed by atoms with van der Waals surface area (Å²) in [6, 6.07) is 0. The highest BCUT2D eigenvalue weighted by Gasteiger charge is 2.12. The van der Waals surface area contributed by atoms with Crippen molar-refractivity contribution < 1.29 is 4.79 Å². The van der Waals surface area contributed by atoms with Gasteiger partial charge in [-0.05, 0) is 0 Å². The topological polar surface area (TPSA) is 114 Å². The lowest BCUT2D eigenvalue weighted by atomic mass is 10.3. The van der Waals surface area contributed by atoms with E-state index in [9.17, 15) is 4.79 Å². The standard InChI is InChI=1S/C9H8N8O/c18-9(11-5-8-13-15-16-14-8)6-3-12-17-2-1-10-4-7(6)17/h1-4H,5H2,(H,11,18)(H,13,14,15,16). The van der Waals surface area contributed by atoms with Crippen molar-refractivity contribution in [1.82, 2.24) is 40.5 Å². The molecule has 3 heterocycles. The van der Waals surface area contributed by atoms with Crippen LogP contribution in [0.3, 0.4) is 0 Å². The SMILES string of the molecule is O=C(NCc1nn[nH]n1)c1cnn2ccncc12. The molecule has 0 radical (unpaired) electrons. The van der Waals surface area contributed by atoms with Crippen LogP contribution in [0, 0.1) is 0 Å². The van der Waals surface area contributed by atoms with Gasteiger partial charge in [-0.1, -0.05) is 5.21 Å². The Hall–Kier alpha value is -2.84. The molecule has 0 atom stereocenters. The molecule has 3 aromatic rings. The van der Waals surface area contributed by atoms with Gasteiger partial charge in [-0.15, -0.1) is 10.2 Å². The predicted octanol–water partition coefficient (Wildman–Crippen LogP) is -0.828. The minimum absolute atomic E-state index is 0.201. The summed E-state index contributed by atoms with van der Waals surface area (Å²) in [5, 5.41) is 19.9. The largest absolute Gasteiger partial charge is 0.344 e. The zero-order chi connectivity index (χ0) is 12.4. The first kappa shape index (κ1) is 10.3. The molecular formula is C9H8N8O. The molecular weight excluding hydrogens is 236 g/mol. The molecule has 0 saturated heterocycles. The van der Waals surface area contributed by atoms with Gasteiger partial charge in [0.15, 0.2) is 5.82 Å². The molecule has 0 fully saturated rings. The minimum atomic E-state index is -0.261. The highest BCUT2D eigenvalue weighted by Crippen LogP contribution is 2.08. The summed E-state index contributed by atoms with van der Waals surface area (Å²) in [5.41, 5.74) is 1.09. The first-order chi connectivity index (χ1) is 8.84. The second-order valence-corrected chi connectivity index (χ2v) is 3.48. The van der Waals surface area contributed by atoms with Crippen LogP contribution in [0.4, 0.5) is 0 Å². The first-order valence-electron chi connectivity index (χ1n) is 5.12. The Labute approximate surface area is 100 Å². The molecule has 3 rings (SSSR count). The van der Waals surface area contributed by atoms with Gasteiger partial charge >= 0.3 is 0 Å². The molecule has 1 amide bonds. The molecule has 0 aromatic carbocycles. The molecule has 0 aliphatic carbocycles. The van der Waals surface area contributed by atoms with Crippen LogP contribution in [0.15, 0.2) is 24.8 Å². The number of tetrazole rings is 1. The van der Waals surface area contributed by atoms with Crippen LogP contribution < -0.4 is 5.32 Å². The van der Waals surface area contributed by atoms with Gasteiger partial charge < -0.3 is 5.32 Å². The maximum Gasteiger partial charge on any atom is 0.255 e. The summed E-state index contributed by atoms with van der Waals surface area (Å²) in [4.78, 5) is 15.9. The molecule has 0 spiro atoms. The van der Waals surface area contributed by atoms with Crippen LogP contribution in [-0.2, 0) is 6.54 Å². The second kappa shape index (κ2) is 4.20. The molecule has 0 aliphatic rings. The maximum atomic E-state index is 11.9. The van der Waals surface area contributed by atoms with Crippen LogP contribution in [0.25, 0.3) is 5.52 Å². The Morgan fingerprint density at radius 2 is 2.39 bits per heavy atom. The highest BCUT2D eigenvalue weighted by atomic mass is 16.1. The fourth-order valence-electron chi connectivity index (χ4n) is 1.52. The molecule has 0 saturated carbocycles. The Balaban J connectivity index is 1.80. The van der Waals surface area contributed by atoms with Crippen molar-refractivity contribution in [3.8, 4) is 0 Å². The molecule has 9 heteroatoms. The molecule has 0 unspecified atom stereocenters. The number of fused-ring (bicyclic) bond motifs is 1. The molecule has 0 aliphatic heterocycles. The molecule has 3 aromatic heterocycles. The molecule has 2 N–H and O–H groups in total. The summed E-state index contributed by atoms with van der Waals surface area (Å²) in [6.45, 7) is 0.201.